The van der Waals surface area contributed by atoms with Gasteiger partial charge in [-0.1, -0.05) is 30.4 Å². The molecule has 128 valence electrons. The molecule has 0 aliphatic heterocycles. The van der Waals surface area contributed by atoms with Crippen LogP contribution in [-0.4, -0.2) is 43.4 Å². The second-order valence-corrected chi connectivity index (χ2v) is 7.65. The minimum atomic E-state index is -4.01. The molecule has 2 bridgehead atoms. The summed E-state index contributed by atoms with van der Waals surface area (Å²) in [6.07, 6.45) is 0.555. The average molecular weight is 350 g/mol. The highest BCUT2D eigenvalue weighted by Crippen LogP contribution is 2.45. The van der Waals surface area contributed by atoms with Gasteiger partial charge in [0.2, 0.25) is 9.84 Å². The number of esters is 1. The molecule has 1 aromatic rings. The number of rotatable bonds is 4. The Hall–Kier alpha value is -1.96. The minimum Gasteiger partial charge on any atom is -0.463 e. The lowest BCUT2D eigenvalue weighted by atomic mass is 9.72. The molecule has 24 heavy (non-hydrogen) atoms. The van der Waals surface area contributed by atoms with Crippen LogP contribution in [0.3, 0.4) is 0 Å². The maximum absolute atomic E-state index is 13.1. The van der Waals surface area contributed by atoms with Crippen molar-refractivity contribution in [2.24, 2.45) is 11.8 Å². The number of aliphatic hydroxyl groups is 2. The van der Waals surface area contributed by atoms with E-state index < -0.39 is 39.9 Å². The molecule has 0 fully saturated rings. The molecule has 0 heterocycles. The summed E-state index contributed by atoms with van der Waals surface area (Å²) in [6.45, 7) is 1.70. The lowest BCUT2D eigenvalue weighted by Gasteiger charge is -2.41. The standard InChI is InChI=1S/C17H18O6S/c1-2-23-17(20)13-11-8-9-12(15(19)14(11)18)16(13)24(21,22)10-6-4-3-5-7-10/h3-9,11-12,14-15,18-19H,2H2,1H3. The van der Waals surface area contributed by atoms with Crippen LogP contribution in [0, 0.1) is 11.8 Å². The van der Waals surface area contributed by atoms with Crippen LogP contribution in [0.2, 0.25) is 0 Å². The molecule has 4 unspecified atom stereocenters. The molecule has 4 atom stereocenters. The number of hydrogen-bond acceptors (Lipinski definition) is 6. The van der Waals surface area contributed by atoms with E-state index in [-0.39, 0.29) is 22.0 Å². The molecule has 1 aromatic carbocycles. The predicted octanol–water partition coefficient (Wildman–Crippen LogP) is 0.815. The van der Waals surface area contributed by atoms with E-state index in [0.29, 0.717) is 0 Å². The topological polar surface area (TPSA) is 101 Å². The number of carbonyl (C=O) groups excluding carboxylic acids is 1. The van der Waals surface area contributed by atoms with Crippen LogP contribution in [0.1, 0.15) is 6.92 Å². The summed E-state index contributed by atoms with van der Waals surface area (Å²) >= 11 is 0. The first-order valence-corrected chi connectivity index (χ1v) is 9.13. The minimum absolute atomic E-state index is 0.0319. The third-order valence-electron chi connectivity index (χ3n) is 4.35. The van der Waals surface area contributed by atoms with Crippen molar-refractivity contribution in [1.82, 2.24) is 0 Å². The van der Waals surface area contributed by atoms with Crippen molar-refractivity contribution < 1.29 is 28.2 Å². The van der Waals surface area contributed by atoms with E-state index >= 15 is 0 Å². The fourth-order valence-electron chi connectivity index (χ4n) is 3.24. The Balaban J connectivity index is 2.22. The number of hydrogen-bond donors (Lipinski definition) is 2. The number of sulfone groups is 1. The molecule has 6 nitrogen and oxygen atoms in total. The number of carbonyl (C=O) groups is 1. The highest BCUT2D eigenvalue weighted by Gasteiger charge is 2.50. The van der Waals surface area contributed by atoms with E-state index in [0.717, 1.165) is 0 Å². The highest BCUT2D eigenvalue weighted by molar-refractivity contribution is 7.95. The van der Waals surface area contributed by atoms with Crippen molar-refractivity contribution in [3.05, 3.63) is 53.0 Å². The van der Waals surface area contributed by atoms with Gasteiger partial charge in [-0.3, -0.25) is 0 Å². The van der Waals surface area contributed by atoms with Gasteiger partial charge in [0.1, 0.15) is 0 Å². The molecule has 0 aromatic heterocycles. The average Bonchev–Trinajstić information content (AvgIpc) is 2.59. The molecule has 3 aliphatic carbocycles. The monoisotopic (exact) mass is 350 g/mol. The largest absolute Gasteiger partial charge is 0.463 e. The normalized spacial score (nSPS) is 29.0. The zero-order valence-corrected chi connectivity index (χ0v) is 13.8. The van der Waals surface area contributed by atoms with Crippen LogP contribution in [0.15, 0.2) is 57.9 Å². The molecule has 0 saturated carbocycles. The molecule has 2 N–H and O–H groups in total. The lowest BCUT2D eigenvalue weighted by molar-refractivity contribution is -0.140. The number of benzene rings is 1. The van der Waals surface area contributed by atoms with Crippen molar-refractivity contribution in [2.45, 2.75) is 24.0 Å². The summed E-state index contributed by atoms with van der Waals surface area (Å²) in [7, 11) is -4.01. The molecule has 0 radical (unpaired) electrons. The van der Waals surface area contributed by atoms with E-state index in [4.69, 9.17) is 4.74 Å². The van der Waals surface area contributed by atoms with Gasteiger partial charge in [0, 0.05) is 11.8 Å². The highest BCUT2D eigenvalue weighted by atomic mass is 32.2. The molecular weight excluding hydrogens is 332 g/mol. The van der Waals surface area contributed by atoms with Gasteiger partial charge >= 0.3 is 5.97 Å². The lowest BCUT2D eigenvalue weighted by Crippen LogP contribution is -2.49. The third kappa shape index (κ3) is 2.49. The zero-order chi connectivity index (χ0) is 17.5. The van der Waals surface area contributed by atoms with Crippen molar-refractivity contribution in [3.8, 4) is 0 Å². The molecule has 7 heteroatoms. The summed E-state index contributed by atoms with van der Waals surface area (Å²) in [5.74, 6) is -2.66. The summed E-state index contributed by atoms with van der Waals surface area (Å²) < 4.78 is 31.1. The van der Waals surface area contributed by atoms with Crippen LogP contribution in [0.5, 0.6) is 0 Å². The fraction of sp³-hybridized carbons (Fsp3) is 0.353. The van der Waals surface area contributed by atoms with Gasteiger partial charge in [-0.25, -0.2) is 13.2 Å². The number of aliphatic hydroxyl groups excluding tert-OH is 2. The van der Waals surface area contributed by atoms with E-state index in [1.165, 1.54) is 18.2 Å². The first-order chi connectivity index (χ1) is 11.4. The van der Waals surface area contributed by atoms with Crippen molar-refractivity contribution in [1.29, 1.82) is 0 Å². The fourth-order valence-corrected chi connectivity index (χ4v) is 5.10. The summed E-state index contributed by atoms with van der Waals surface area (Å²) in [5.41, 5.74) is -0.0917. The first-order valence-electron chi connectivity index (χ1n) is 7.65. The maximum Gasteiger partial charge on any atom is 0.335 e. The van der Waals surface area contributed by atoms with Crippen LogP contribution in [0.4, 0.5) is 0 Å². The van der Waals surface area contributed by atoms with Gasteiger partial charge in [0.15, 0.2) is 0 Å². The van der Waals surface area contributed by atoms with E-state index in [1.54, 1.807) is 31.2 Å². The Morgan fingerprint density at radius 3 is 2.29 bits per heavy atom. The van der Waals surface area contributed by atoms with Crippen molar-refractivity contribution in [2.75, 3.05) is 6.61 Å². The summed E-state index contributed by atoms with van der Waals surface area (Å²) in [6, 6.07) is 7.71. The number of fused-ring (bicyclic) bond motifs is 1. The van der Waals surface area contributed by atoms with E-state index in [1.807, 2.05) is 0 Å². The van der Waals surface area contributed by atoms with Gasteiger partial charge in [0.05, 0.1) is 34.2 Å². The second-order valence-electron chi connectivity index (χ2n) is 5.73. The number of ether oxygens (including phenoxy) is 1. The van der Waals surface area contributed by atoms with Crippen molar-refractivity contribution >= 4 is 15.8 Å². The van der Waals surface area contributed by atoms with Crippen LogP contribution < -0.4 is 0 Å². The van der Waals surface area contributed by atoms with Gasteiger partial charge in [-0.05, 0) is 19.1 Å². The second kappa shape index (κ2) is 6.16. The zero-order valence-electron chi connectivity index (χ0n) is 13.0. The molecule has 4 rings (SSSR count). The van der Waals surface area contributed by atoms with Crippen LogP contribution >= 0.6 is 0 Å². The third-order valence-corrected chi connectivity index (χ3v) is 6.32. The first kappa shape index (κ1) is 16.9. The quantitative estimate of drug-likeness (QED) is 0.616. The Morgan fingerprint density at radius 1 is 1.08 bits per heavy atom. The van der Waals surface area contributed by atoms with Gasteiger partial charge in [-0.2, -0.15) is 0 Å². The van der Waals surface area contributed by atoms with Gasteiger partial charge < -0.3 is 14.9 Å². The molecule has 0 spiro atoms. The predicted molar refractivity (Wildman–Crippen MR) is 85.4 cm³/mol. The Morgan fingerprint density at radius 2 is 1.67 bits per heavy atom. The van der Waals surface area contributed by atoms with Crippen molar-refractivity contribution in [3.63, 3.8) is 0 Å². The Bertz CT molecular complexity index is 809. The molecule has 3 aliphatic rings. The van der Waals surface area contributed by atoms with Gasteiger partial charge in [-0.15, -0.1) is 0 Å². The van der Waals surface area contributed by atoms with Crippen LogP contribution in [0.25, 0.3) is 0 Å². The summed E-state index contributed by atoms with van der Waals surface area (Å²) in [4.78, 5) is 12.2. The van der Waals surface area contributed by atoms with Crippen LogP contribution in [-0.2, 0) is 19.4 Å². The smallest absolute Gasteiger partial charge is 0.335 e. The molecule has 0 amide bonds. The summed E-state index contributed by atoms with van der Waals surface area (Å²) in [5, 5.41) is 20.4. The van der Waals surface area contributed by atoms with E-state index in [9.17, 15) is 23.4 Å². The Labute approximate surface area is 140 Å². The maximum atomic E-state index is 13.1. The van der Waals surface area contributed by atoms with E-state index in [2.05, 4.69) is 0 Å². The SMILES string of the molecule is CCOC(=O)C1=C(S(=O)(=O)c2ccccc2)C2C=CC1C(O)C2O. The molecule has 0 saturated heterocycles. The molecular formula is C17H18O6S. The van der Waals surface area contributed by atoms with Gasteiger partial charge in [0.25, 0.3) is 0 Å². The Kier molecular flexibility index (Phi) is 4.33.